The van der Waals surface area contributed by atoms with Crippen molar-refractivity contribution in [3.63, 3.8) is 0 Å². The number of benzene rings is 2. The normalized spacial score (nSPS) is 12.3. The number of esters is 1. The molecule has 4 nitrogen and oxygen atoms in total. The first-order chi connectivity index (χ1) is 11.1. The van der Waals surface area contributed by atoms with Crippen molar-refractivity contribution >= 4 is 17.4 Å². The van der Waals surface area contributed by atoms with E-state index in [1.54, 1.807) is 44.4 Å². The smallest absolute Gasteiger partial charge is 0.358 e. The minimum Gasteiger partial charge on any atom is -0.497 e. The lowest BCUT2D eigenvalue weighted by atomic mass is 10.1. The summed E-state index contributed by atoms with van der Waals surface area (Å²) in [6.07, 6.45) is 1.18. The Labute approximate surface area is 136 Å². The second-order valence-electron chi connectivity index (χ2n) is 4.87. The van der Waals surface area contributed by atoms with Crippen molar-refractivity contribution in [2.24, 2.45) is 4.99 Å². The molecule has 1 unspecified atom stereocenters. The van der Waals surface area contributed by atoms with Gasteiger partial charge in [0.1, 0.15) is 11.9 Å². The number of aliphatic imine (C=N–C) groups is 1. The van der Waals surface area contributed by atoms with Crippen LogP contribution in [-0.2, 0) is 9.53 Å². The Kier molecular flexibility index (Phi) is 5.69. The minimum absolute atomic E-state index is 0.254. The molecule has 0 spiro atoms. The number of ether oxygens (including phenoxy) is 2. The molecule has 0 N–H and O–H groups in total. The van der Waals surface area contributed by atoms with Crippen LogP contribution in [0.25, 0.3) is 0 Å². The lowest BCUT2D eigenvalue weighted by Crippen LogP contribution is -2.22. The zero-order chi connectivity index (χ0) is 16.7. The highest BCUT2D eigenvalue weighted by Crippen LogP contribution is 2.19. The molecule has 0 heterocycles. The number of hydrogen-bond donors (Lipinski definition) is 0. The molecule has 0 fully saturated rings. The monoisotopic (exact) mass is 309 g/mol. The fourth-order valence-corrected chi connectivity index (χ4v) is 1.88. The molecule has 0 bridgehead atoms. The molecule has 0 radical (unpaired) electrons. The molecule has 2 rings (SSSR count). The average Bonchev–Trinajstić information content (AvgIpc) is 2.60. The molecule has 4 heteroatoms. The third-order valence-corrected chi connectivity index (χ3v) is 3.18. The summed E-state index contributed by atoms with van der Waals surface area (Å²) < 4.78 is 10.4. The van der Waals surface area contributed by atoms with Gasteiger partial charge < -0.3 is 9.47 Å². The Morgan fingerprint density at radius 1 is 1.13 bits per heavy atom. The topological polar surface area (TPSA) is 47.9 Å². The Morgan fingerprint density at radius 3 is 2.35 bits per heavy atom. The van der Waals surface area contributed by atoms with E-state index in [2.05, 4.69) is 11.6 Å². The van der Waals surface area contributed by atoms with Gasteiger partial charge in [-0.25, -0.2) is 9.79 Å². The van der Waals surface area contributed by atoms with Gasteiger partial charge in [0.25, 0.3) is 0 Å². The van der Waals surface area contributed by atoms with Gasteiger partial charge in [-0.2, -0.15) is 0 Å². The van der Waals surface area contributed by atoms with E-state index in [1.165, 1.54) is 0 Å². The highest BCUT2D eigenvalue weighted by atomic mass is 16.5. The molecule has 0 saturated carbocycles. The summed E-state index contributed by atoms with van der Waals surface area (Å²) in [4.78, 5) is 16.9. The first-order valence-electron chi connectivity index (χ1n) is 7.25. The molecule has 2 aromatic rings. The van der Waals surface area contributed by atoms with Crippen molar-refractivity contribution in [3.8, 4) is 5.75 Å². The summed E-state index contributed by atoms with van der Waals surface area (Å²) in [5.41, 5.74) is 1.60. The quantitative estimate of drug-likeness (QED) is 0.461. The predicted octanol–water partition coefficient (Wildman–Crippen LogP) is 3.93. The number of carbonyl (C=O) groups excluding carboxylic acids is 1. The van der Waals surface area contributed by atoms with Gasteiger partial charge in [-0.3, -0.25) is 0 Å². The SMILES string of the molecule is C=CC(C)OC(=O)C(=Nc1ccc(OC)cc1)c1ccccc1. The maximum Gasteiger partial charge on any atom is 0.358 e. The average molecular weight is 309 g/mol. The molecular formula is C19H19NO3. The summed E-state index contributed by atoms with van der Waals surface area (Å²) >= 11 is 0. The number of methoxy groups -OCH3 is 1. The van der Waals surface area contributed by atoms with Crippen LogP contribution in [0.15, 0.2) is 72.2 Å². The number of hydrogen-bond acceptors (Lipinski definition) is 4. The van der Waals surface area contributed by atoms with Crippen LogP contribution in [0.1, 0.15) is 12.5 Å². The largest absolute Gasteiger partial charge is 0.497 e. The zero-order valence-corrected chi connectivity index (χ0v) is 13.2. The van der Waals surface area contributed by atoms with Crippen molar-refractivity contribution in [2.45, 2.75) is 13.0 Å². The minimum atomic E-state index is -0.487. The van der Waals surface area contributed by atoms with Crippen LogP contribution in [0.3, 0.4) is 0 Å². The lowest BCUT2D eigenvalue weighted by Gasteiger charge is -2.11. The zero-order valence-electron chi connectivity index (χ0n) is 13.2. The molecule has 1 atom stereocenters. The molecule has 23 heavy (non-hydrogen) atoms. The van der Waals surface area contributed by atoms with Gasteiger partial charge in [-0.15, -0.1) is 0 Å². The van der Waals surface area contributed by atoms with Crippen molar-refractivity contribution in [3.05, 3.63) is 72.8 Å². The summed E-state index contributed by atoms with van der Waals surface area (Å²) in [5, 5.41) is 0. The summed E-state index contributed by atoms with van der Waals surface area (Å²) in [6, 6.07) is 16.4. The molecule has 0 aliphatic heterocycles. The summed E-state index contributed by atoms with van der Waals surface area (Å²) in [6.45, 7) is 5.37. The number of nitrogens with zero attached hydrogens (tertiary/aromatic N) is 1. The third kappa shape index (κ3) is 4.54. The molecule has 2 aromatic carbocycles. The fourth-order valence-electron chi connectivity index (χ4n) is 1.88. The second-order valence-corrected chi connectivity index (χ2v) is 4.87. The predicted molar refractivity (Wildman–Crippen MR) is 91.4 cm³/mol. The number of rotatable bonds is 6. The van der Waals surface area contributed by atoms with E-state index in [9.17, 15) is 4.79 Å². The Balaban J connectivity index is 2.37. The fraction of sp³-hybridized carbons (Fsp3) is 0.158. The first kappa shape index (κ1) is 16.5. The van der Waals surface area contributed by atoms with Gasteiger partial charge in [-0.05, 0) is 31.2 Å². The Morgan fingerprint density at radius 2 is 1.78 bits per heavy atom. The van der Waals surface area contributed by atoms with Crippen LogP contribution >= 0.6 is 0 Å². The van der Waals surface area contributed by atoms with E-state index in [0.717, 1.165) is 5.75 Å². The van der Waals surface area contributed by atoms with Gasteiger partial charge in [0.05, 0.1) is 12.8 Å². The van der Waals surface area contributed by atoms with Crippen molar-refractivity contribution in [2.75, 3.05) is 7.11 Å². The van der Waals surface area contributed by atoms with Crippen molar-refractivity contribution < 1.29 is 14.3 Å². The molecule has 0 aromatic heterocycles. The highest BCUT2D eigenvalue weighted by molar-refractivity contribution is 6.43. The molecule has 0 aliphatic carbocycles. The Bertz CT molecular complexity index is 690. The van der Waals surface area contributed by atoms with E-state index < -0.39 is 5.97 Å². The van der Waals surface area contributed by atoms with Gasteiger partial charge in [0, 0.05) is 5.56 Å². The van der Waals surface area contributed by atoms with Crippen LogP contribution in [0, 0.1) is 0 Å². The Hall–Kier alpha value is -2.88. The third-order valence-electron chi connectivity index (χ3n) is 3.18. The van der Waals surface area contributed by atoms with Crippen LogP contribution in [0.2, 0.25) is 0 Å². The molecule has 118 valence electrons. The van der Waals surface area contributed by atoms with Crippen LogP contribution < -0.4 is 4.74 Å². The molecule has 0 saturated heterocycles. The van der Waals surface area contributed by atoms with Crippen LogP contribution in [0.5, 0.6) is 5.75 Å². The van der Waals surface area contributed by atoms with E-state index >= 15 is 0 Å². The van der Waals surface area contributed by atoms with E-state index in [0.29, 0.717) is 11.3 Å². The van der Waals surface area contributed by atoms with Crippen molar-refractivity contribution in [1.29, 1.82) is 0 Å². The van der Waals surface area contributed by atoms with Crippen molar-refractivity contribution in [1.82, 2.24) is 0 Å². The van der Waals surface area contributed by atoms with E-state index in [4.69, 9.17) is 9.47 Å². The van der Waals surface area contributed by atoms with Crippen LogP contribution in [0.4, 0.5) is 5.69 Å². The molecule has 0 amide bonds. The maximum atomic E-state index is 12.4. The van der Waals surface area contributed by atoms with Gasteiger partial charge in [0.15, 0.2) is 5.71 Å². The standard InChI is InChI=1S/C19H19NO3/c1-4-14(2)23-19(21)18(15-8-6-5-7-9-15)20-16-10-12-17(22-3)13-11-16/h4-14H,1H2,2-3H3. The number of carbonyl (C=O) groups is 1. The van der Waals surface area contributed by atoms with Gasteiger partial charge in [-0.1, -0.05) is 43.0 Å². The summed E-state index contributed by atoms with van der Waals surface area (Å²) in [5.74, 6) is 0.243. The highest BCUT2D eigenvalue weighted by Gasteiger charge is 2.17. The first-order valence-corrected chi connectivity index (χ1v) is 7.25. The molecular weight excluding hydrogens is 290 g/mol. The maximum absolute atomic E-state index is 12.4. The molecule has 0 aliphatic rings. The van der Waals surface area contributed by atoms with Gasteiger partial charge >= 0.3 is 5.97 Å². The lowest BCUT2D eigenvalue weighted by molar-refractivity contribution is -0.137. The van der Waals surface area contributed by atoms with Gasteiger partial charge in [0.2, 0.25) is 0 Å². The van der Waals surface area contributed by atoms with Crippen LogP contribution in [-0.4, -0.2) is 24.9 Å². The van der Waals surface area contributed by atoms with E-state index in [1.807, 2.05) is 30.3 Å². The van der Waals surface area contributed by atoms with E-state index in [-0.39, 0.29) is 11.8 Å². The second kappa shape index (κ2) is 7.94. The summed E-state index contributed by atoms with van der Waals surface area (Å²) in [7, 11) is 1.60.